The summed E-state index contributed by atoms with van der Waals surface area (Å²) < 4.78 is 6.25. The van der Waals surface area contributed by atoms with Gasteiger partial charge in [0, 0.05) is 17.0 Å². The normalized spacial score (nSPS) is 16.3. The third kappa shape index (κ3) is 2.49. The predicted molar refractivity (Wildman–Crippen MR) is 133 cm³/mol. The summed E-state index contributed by atoms with van der Waals surface area (Å²) in [5.74, 6) is 1.10. The van der Waals surface area contributed by atoms with E-state index in [0.29, 0.717) is 0 Å². The Bertz CT molecular complexity index is 1440. The molecule has 3 heterocycles. The largest absolute Gasteiger partial charge is 0.456 e. The van der Waals surface area contributed by atoms with Crippen LogP contribution in [0.25, 0.3) is 21.9 Å². The van der Waals surface area contributed by atoms with Crippen molar-refractivity contribution in [3.8, 4) is 0 Å². The van der Waals surface area contributed by atoms with Crippen molar-refractivity contribution in [2.45, 2.75) is 39.4 Å². The van der Waals surface area contributed by atoms with Crippen molar-refractivity contribution >= 4 is 39.1 Å². The second kappa shape index (κ2) is 6.67. The molecule has 32 heavy (non-hydrogen) atoms. The first-order valence-electron chi connectivity index (χ1n) is 11.2. The predicted octanol–water partition coefficient (Wildman–Crippen LogP) is 7.46. The summed E-state index contributed by atoms with van der Waals surface area (Å²) >= 11 is 0. The summed E-state index contributed by atoms with van der Waals surface area (Å²) in [7, 11) is 0. The molecule has 0 aliphatic carbocycles. The molecule has 1 atom stereocenters. The molecular formula is C28H27N3O. The van der Waals surface area contributed by atoms with Gasteiger partial charge in [-0.25, -0.2) is 0 Å². The molecule has 1 N–H and O–H groups in total. The summed E-state index contributed by atoms with van der Waals surface area (Å²) in [6.07, 6.45) is 2.12. The first-order valence-corrected chi connectivity index (χ1v) is 11.2. The number of hydrogen-bond acceptors (Lipinski definition) is 3. The Morgan fingerprint density at radius 2 is 1.59 bits per heavy atom. The molecule has 1 aliphatic rings. The lowest BCUT2D eigenvalue weighted by atomic mass is 9.84. The molecule has 1 unspecified atom stereocenters. The Kier molecular flexibility index (Phi) is 3.97. The quantitative estimate of drug-likeness (QED) is 0.328. The van der Waals surface area contributed by atoms with Crippen LogP contribution in [-0.4, -0.2) is 11.1 Å². The fraction of sp³-hybridized carbons (Fsp3) is 0.214. The molecule has 1 aliphatic heterocycles. The lowest BCUT2D eigenvalue weighted by molar-refractivity contribution is 0.449. The molecule has 2 aromatic heterocycles. The lowest BCUT2D eigenvalue weighted by Crippen LogP contribution is -2.49. The van der Waals surface area contributed by atoms with Gasteiger partial charge in [0.1, 0.15) is 23.1 Å². The van der Waals surface area contributed by atoms with E-state index in [2.05, 4.69) is 109 Å². The number of furan rings is 1. The van der Waals surface area contributed by atoms with Crippen LogP contribution in [0.5, 0.6) is 0 Å². The first-order chi connectivity index (χ1) is 15.5. The summed E-state index contributed by atoms with van der Waals surface area (Å²) in [6.45, 7) is 9.17. The van der Waals surface area contributed by atoms with E-state index >= 15 is 0 Å². The lowest BCUT2D eigenvalue weighted by Gasteiger charge is -2.43. The summed E-state index contributed by atoms with van der Waals surface area (Å²) in [6, 6.07) is 25.6. The molecule has 0 saturated heterocycles. The fourth-order valence-corrected chi connectivity index (χ4v) is 5.79. The maximum absolute atomic E-state index is 6.25. The Labute approximate surface area is 188 Å². The summed E-state index contributed by atoms with van der Waals surface area (Å²) in [5, 5.41) is 2.39. The number of H-pyrrole nitrogens is 1. The zero-order chi connectivity index (χ0) is 22.0. The van der Waals surface area contributed by atoms with Gasteiger partial charge in [0.05, 0.1) is 16.9 Å². The second-order valence-electron chi connectivity index (χ2n) is 9.20. The minimum atomic E-state index is -0.285. The highest BCUT2D eigenvalue weighted by Crippen LogP contribution is 2.51. The zero-order valence-corrected chi connectivity index (χ0v) is 18.9. The van der Waals surface area contributed by atoms with Crippen molar-refractivity contribution in [3.05, 3.63) is 90.1 Å². The number of benzene rings is 3. The number of rotatable bonds is 3. The van der Waals surface area contributed by atoms with Gasteiger partial charge in [0.15, 0.2) is 0 Å². The highest BCUT2D eigenvalue weighted by molar-refractivity contribution is 6.07. The monoisotopic (exact) mass is 421 g/mol. The number of anilines is 3. The van der Waals surface area contributed by atoms with Crippen LogP contribution in [0.2, 0.25) is 0 Å². The third-order valence-corrected chi connectivity index (χ3v) is 6.96. The number of aryl methyl sites for hydroxylation is 1. The van der Waals surface area contributed by atoms with Gasteiger partial charge in [-0.2, -0.15) is 0 Å². The van der Waals surface area contributed by atoms with Gasteiger partial charge < -0.3 is 19.2 Å². The fourth-order valence-electron chi connectivity index (χ4n) is 5.79. The van der Waals surface area contributed by atoms with Crippen LogP contribution < -0.4 is 9.80 Å². The molecule has 0 amide bonds. The number of para-hydroxylation sites is 3. The number of nitrogens with zero attached hydrogens (tertiary/aromatic N) is 2. The number of aromatic amines is 1. The average molecular weight is 422 g/mol. The van der Waals surface area contributed by atoms with Crippen molar-refractivity contribution in [3.63, 3.8) is 0 Å². The van der Waals surface area contributed by atoms with E-state index in [-0.39, 0.29) is 11.7 Å². The minimum absolute atomic E-state index is 0.133. The Morgan fingerprint density at radius 1 is 0.844 bits per heavy atom. The van der Waals surface area contributed by atoms with Crippen LogP contribution in [0, 0.1) is 6.92 Å². The molecule has 0 spiro atoms. The van der Waals surface area contributed by atoms with E-state index in [4.69, 9.17) is 4.42 Å². The third-order valence-electron chi connectivity index (χ3n) is 6.96. The SMILES string of the molecule is Cc1ccc2oc3ccccc3c2c1C(C)(C)N1c2ccccc2N(c2ccc[nH]2)C1C. The molecule has 6 rings (SSSR count). The van der Waals surface area contributed by atoms with Crippen LogP contribution in [-0.2, 0) is 5.54 Å². The maximum atomic E-state index is 6.25. The van der Waals surface area contributed by atoms with E-state index in [1.807, 2.05) is 12.3 Å². The van der Waals surface area contributed by atoms with Crippen molar-refractivity contribution in [2.24, 2.45) is 0 Å². The maximum Gasteiger partial charge on any atom is 0.135 e. The zero-order valence-electron chi connectivity index (χ0n) is 18.9. The molecule has 4 nitrogen and oxygen atoms in total. The van der Waals surface area contributed by atoms with Gasteiger partial charge >= 0.3 is 0 Å². The highest BCUT2D eigenvalue weighted by Gasteiger charge is 2.44. The first kappa shape index (κ1) is 19.1. The Morgan fingerprint density at radius 3 is 2.38 bits per heavy atom. The van der Waals surface area contributed by atoms with E-state index in [0.717, 1.165) is 17.0 Å². The minimum Gasteiger partial charge on any atom is -0.456 e. The van der Waals surface area contributed by atoms with Crippen molar-refractivity contribution < 1.29 is 4.42 Å². The topological polar surface area (TPSA) is 35.4 Å². The Balaban J connectivity index is 1.61. The average Bonchev–Trinajstić information content (AvgIpc) is 3.49. The van der Waals surface area contributed by atoms with Crippen molar-refractivity contribution in [1.82, 2.24) is 4.98 Å². The highest BCUT2D eigenvalue weighted by atomic mass is 16.3. The number of aromatic nitrogens is 1. The van der Waals surface area contributed by atoms with Crippen LogP contribution >= 0.6 is 0 Å². The molecule has 4 heteroatoms. The van der Waals surface area contributed by atoms with E-state index in [9.17, 15) is 0 Å². The number of hydrogen-bond donors (Lipinski definition) is 1. The molecule has 0 fully saturated rings. The van der Waals surface area contributed by atoms with Gasteiger partial charge in [0.2, 0.25) is 0 Å². The van der Waals surface area contributed by atoms with Crippen LogP contribution in [0.3, 0.4) is 0 Å². The van der Waals surface area contributed by atoms with Crippen LogP contribution in [0.15, 0.2) is 83.4 Å². The van der Waals surface area contributed by atoms with Gasteiger partial charge in [-0.15, -0.1) is 0 Å². The van der Waals surface area contributed by atoms with Crippen molar-refractivity contribution in [1.29, 1.82) is 0 Å². The van der Waals surface area contributed by atoms with Crippen LogP contribution in [0.1, 0.15) is 31.9 Å². The molecule has 0 radical (unpaired) electrons. The summed E-state index contributed by atoms with van der Waals surface area (Å²) in [5.41, 5.74) is 6.65. The second-order valence-corrected chi connectivity index (χ2v) is 9.20. The standard InChI is InChI=1S/C28H27N3O/c1-18-15-16-24-26(20-10-5-8-13-23(20)32-24)27(18)28(3,4)31-19(2)30(25-14-9-17-29-25)21-11-6-7-12-22(21)31/h5-17,19,29H,1-4H3. The van der Waals surface area contributed by atoms with Gasteiger partial charge in [-0.1, -0.05) is 36.4 Å². The molecule has 0 bridgehead atoms. The van der Waals surface area contributed by atoms with Gasteiger partial charge in [-0.3, -0.25) is 0 Å². The summed E-state index contributed by atoms with van der Waals surface area (Å²) in [4.78, 5) is 8.34. The van der Waals surface area contributed by atoms with Crippen LogP contribution in [0.4, 0.5) is 17.2 Å². The smallest absolute Gasteiger partial charge is 0.135 e. The number of fused-ring (bicyclic) bond motifs is 4. The van der Waals surface area contributed by atoms with Crippen molar-refractivity contribution in [2.75, 3.05) is 9.80 Å². The molecule has 5 aromatic rings. The molecule has 0 saturated carbocycles. The Hall–Kier alpha value is -3.66. The molecular weight excluding hydrogens is 394 g/mol. The molecule has 3 aromatic carbocycles. The van der Waals surface area contributed by atoms with Gasteiger partial charge in [0.25, 0.3) is 0 Å². The molecule has 160 valence electrons. The van der Waals surface area contributed by atoms with E-state index in [1.165, 1.54) is 33.3 Å². The van der Waals surface area contributed by atoms with E-state index in [1.54, 1.807) is 0 Å². The number of nitrogens with one attached hydrogen (secondary N) is 1. The van der Waals surface area contributed by atoms with Gasteiger partial charge in [-0.05, 0) is 75.2 Å². The van der Waals surface area contributed by atoms with E-state index < -0.39 is 0 Å².